The van der Waals surface area contributed by atoms with E-state index >= 15 is 0 Å². The third-order valence-electron chi connectivity index (χ3n) is 7.71. The number of hydrogen-bond donors (Lipinski definition) is 1. The zero-order valence-corrected chi connectivity index (χ0v) is 19.7. The summed E-state index contributed by atoms with van der Waals surface area (Å²) >= 11 is 0. The predicted molar refractivity (Wildman–Crippen MR) is 128 cm³/mol. The van der Waals surface area contributed by atoms with Crippen LogP contribution in [0.15, 0.2) is 53.1 Å². The van der Waals surface area contributed by atoms with E-state index in [1.54, 1.807) is 17.2 Å². The fourth-order valence-corrected chi connectivity index (χ4v) is 5.47. The molecule has 1 N–H and O–H groups in total. The third-order valence-corrected chi connectivity index (χ3v) is 7.71. The topological polar surface area (TPSA) is 67.5 Å². The molecule has 5 rings (SSSR count). The lowest BCUT2D eigenvalue weighted by Crippen LogP contribution is -2.65. The van der Waals surface area contributed by atoms with Crippen LogP contribution in [0, 0.1) is 5.92 Å². The maximum absolute atomic E-state index is 13.8. The first-order chi connectivity index (χ1) is 15.9. The van der Waals surface area contributed by atoms with Gasteiger partial charge in [-0.3, -0.25) is 9.59 Å². The fourth-order valence-electron chi connectivity index (χ4n) is 5.47. The van der Waals surface area contributed by atoms with Gasteiger partial charge in [-0.05, 0) is 50.0 Å². The van der Waals surface area contributed by atoms with Crippen LogP contribution in [0.2, 0.25) is 0 Å². The second kappa shape index (κ2) is 8.40. The molecule has 0 spiro atoms. The second-order valence-corrected chi connectivity index (χ2v) is 10.2. The van der Waals surface area contributed by atoms with Gasteiger partial charge in [-0.2, -0.15) is 0 Å². The Labute approximate surface area is 194 Å². The van der Waals surface area contributed by atoms with Crippen LogP contribution in [-0.2, 0) is 11.3 Å². The normalized spacial score (nSPS) is 26.3. The number of nitrogens with one attached hydrogen (secondary N) is 1. The zero-order chi connectivity index (χ0) is 23.2. The first kappa shape index (κ1) is 21.8. The standard InChI is InChI=1S/C27H33N3O3/c1-18-9-11-21(12-10-18)28-26(32)27(3)17-29-22-13-14-33-24(22)15-23(29)25(31)30(27)16-19(2)20-7-5-4-6-8-20/h4-8,13-15,18-19,21H,9-12,16-17H2,1-3H3,(H,28,32)/t18?,19-,21?,27+/m1/s1. The van der Waals surface area contributed by atoms with Crippen molar-refractivity contribution in [2.24, 2.45) is 5.92 Å². The first-order valence-corrected chi connectivity index (χ1v) is 12.1. The molecule has 3 aromatic rings. The van der Waals surface area contributed by atoms with E-state index in [0.717, 1.165) is 36.8 Å². The number of hydrogen-bond acceptors (Lipinski definition) is 3. The van der Waals surface area contributed by atoms with Crippen molar-refractivity contribution in [2.45, 2.75) is 70.5 Å². The summed E-state index contributed by atoms with van der Waals surface area (Å²) in [6.07, 6.45) is 5.89. The molecule has 1 fully saturated rings. The lowest BCUT2D eigenvalue weighted by molar-refractivity contribution is -0.134. The van der Waals surface area contributed by atoms with Crippen LogP contribution in [0.5, 0.6) is 0 Å². The van der Waals surface area contributed by atoms with Gasteiger partial charge in [-0.1, -0.05) is 44.2 Å². The highest BCUT2D eigenvalue weighted by molar-refractivity contribution is 6.03. The summed E-state index contributed by atoms with van der Waals surface area (Å²) < 4.78 is 7.52. The minimum absolute atomic E-state index is 0.0633. The molecule has 0 radical (unpaired) electrons. The zero-order valence-electron chi connectivity index (χ0n) is 19.7. The number of nitrogens with zero attached hydrogens (tertiary/aromatic N) is 2. The summed E-state index contributed by atoms with van der Waals surface area (Å²) in [6.45, 7) is 7.19. The highest BCUT2D eigenvalue weighted by atomic mass is 16.3. The molecule has 1 aliphatic carbocycles. The summed E-state index contributed by atoms with van der Waals surface area (Å²) in [5.74, 6) is 0.629. The lowest BCUT2D eigenvalue weighted by Gasteiger charge is -2.45. The first-order valence-electron chi connectivity index (χ1n) is 12.1. The largest absolute Gasteiger partial charge is 0.463 e. The van der Waals surface area contributed by atoms with E-state index in [9.17, 15) is 9.59 Å². The van der Waals surface area contributed by atoms with Crippen LogP contribution in [-0.4, -0.2) is 39.4 Å². The highest BCUT2D eigenvalue weighted by Gasteiger charge is 2.48. The van der Waals surface area contributed by atoms with Gasteiger partial charge in [0.25, 0.3) is 5.91 Å². The van der Waals surface area contributed by atoms with Crippen LogP contribution in [0.1, 0.15) is 68.4 Å². The molecule has 2 aliphatic rings. The van der Waals surface area contributed by atoms with E-state index in [1.807, 2.05) is 35.8 Å². The molecule has 3 heterocycles. The molecular formula is C27H33N3O3. The Bertz CT molecular complexity index is 1160. The summed E-state index contributed by atoms with van der Waals surface area (Å²) in [5.41, 5.74) is 2.30. The molecule has 174 valence electrons. The van der Waals surface area contributed by atoms with Gasteiger partial charge in [-0.15, -0.1) is 0 Å². The van der Waals surface area contributed by atoms with Crippen molar-refractivity contribution in [3.63, 3.8) is 0 Å². The average Bonchev–Trinajstić information content (AvgIpc) is 3.41. The van der Waals surface area contributed by atoms with Crippen molar-refractivity contribution in [3.8, 4) is 0 Å². The second-order valence-electron chi connectivity index (χ2n) is 10.2. The SMILES string of the molecule is CC1CCC(NC(=O)[C@]2(C)Cn3c(cc4occc43)C(=O)N2C[C@@H](C)c2ccccc2)CC1. The molecular weight excluding hydrogens is 414 g/mol. The van der Waals surface area contributed by atoms with E-state index in [1.165, 1.54) is 0 Å². The molecule has 2 atom stereocenters. The van der Waals surface area contributed by atoms with Crippen LogP contribution < -0.4 is 5.32 Å². The Balaban J connectivity index is 1.48. The van der Waals surface area contributed by atoms with Gasteiger partial charge in [0.05, 0.1) is 18.3 Å². The van der Waals surface area contributed by atoms with Crippen LogP contribution in [0.3, 0.4) is 0 Å². The van der Waals surface area contributed by atoms with Crippen LogP contribution in [0.4, 0.5) is 0 Å². The molecule has 33 heavy (non-hydrogen) atoms. The number of rotatable bonds is 5. The molecule has 6 heteroatoms. The van der Waals surface area contributed by atoms with Crippen molar-refractivity contribution in [1.29, 1.82) is 0 Å². The van der Waals surface area contributed by atoms with Crippen molar-refractivity contribution < 1.29 is 14.0 Å². The Morgan fingerprint density at radius 3 is 2.64 bits per heavy atom. The number of benzene rings is 1. The van der Waals surface area contributed by atoms with E-state index < -0.39 is 5.54 Å². The molecule has 1 aromatic carbocycles. The number of carbonyl (C=O) groups excluding carboxylic acids is 2. The Morgan fingerprint density at radius 2 is 1.91 bits per heavy atom. The molecule has 0 bridgehead atoms. The number of amides is 2. The summed E-state index contributed by atoms with van der Waals surface area (Å²) in [7, 11) is 0. The number of carbonyl (C=O) groups is 2. The Kier molecular flexibility index (Phi) is 5.55. The predicted octanol–water partition coefficient (Wildman–Crippen LogP) is 4.95. The van der Waals surface area contributed by atoms with Gasteiger partial charge in [0.1, 0.15) is 11.2 Å². The Morgan fingerprint density at radius 1 is 1.18 bits per heavy atom. The van der Waals surface area contributed by atoms with Crippen molar-refractivity contribution >= 4 is 22.9 Å². The number of furan rings is 1. The maximum atomic E-state index is 13.8. The summed E-state index contributed by atoms with van der Waals surface area (Å²) in [6, 6.07) is 14.0. The molecule has 1 aliphatic heterocycles. The summed E-state index contributed by atoms with van der Waals surface area (Å²) in [4.78, 5) is 29.4. The van der Waals surface area contributed by atoms with Crippen molar-refractivity contribution in [1.82, 2.24) is 14.8 Å². The van der Waals surface area contributed by atoms with Gasteiger partial charge in [-0.25, -0.2) is 0 Å². The molecule has 2 aromatic heterocycles. The maximum Gasteiger partial charge on any atom is 0.271 e. The number of aromatic nitrogens is 1. The molecule has 0 saturated heterocycles. The summed E-state index contributed by atoms with van der Waals surface area (Å²) in [5, 5.41) is 3.31. The van der Waals surface area contributed by atoms with Gasteiger partial charge < -0.3 is 19.2 Å². The molecule has 0 unspecified atom stereocenters. The highest BCUT2D eigenvalue weighted by Crippen LogP contribution is 2.35. The monoisotopic (exact) mass is 447 g/mol. The smallest absolute Gasteiger partial charge is 0.271 e. The van der Waals surface area contributed by atoms with E-state index in [-0.39, 0.29) is 23.8 Å². The van der Waals surface area contributed by atoms with Gasteiger partial charge in [0.15, 0.2) is 5.58 Å². The fraction of sp³-hybridized carbons (Fsp3) is 0.481. The van der Waals surface area contributed by atoms with Crippen molar-refractivity contribution in [2.75, 3.05) is 6.54 Å². The van der Waals surface area contributed by atoms with E-state index in [2.05, 4.69) is 31.3 Å². The quantitative estimate of drug-likeness (QED) is 0.602. The molecule has 6 nitrogen and oxygen atoms in total. The average molecular weight is 448 g/mol. The lowest BCUT2D eigenvalue weighted by atomic mass is 9.86. The van der Waals surface area contributed by atoms with E-state index in [4.69, 9.17) is 4.42 Å². The van der Waals surface area contributed by atoms with Gasteiger partial charge in [0.2, 0.25) is 5.91 Å². The molecule has 1 saturated carbocycles. The molecule has 2 amide bonds. The van der Waals surface area contributed by atoms with Gasteiger partial charge >= 0.3 is 0 Å². The minimum Gasteiger partial charge on any atom is -0.463 e. The van der Waals surface area contributed by atoms with Gasteiger partial charge in [0, 0.05) is 24.7 Å². The third kappa shape index (κ3) is 3.85. The van der Waals surface area contributed by atoms with Crippen molar-refractivity contribution in [3.05, 3.63) is 60.0 Å². The Hall–Kier alpha value is -3.02. The number of fused-ring (bicyclic) bond motifs is 3. The van der Waals surface area contributed by atoms with Crippen LogP contribution >= 0.6 is 0 Å². The minimum atomic E-state index is -0.987. The van der Waals surface area contributed by atoms with E-state index in [0.29, 0.717) is 30.3 Å². The van der Waals surface area contributed by atoms with Crippen LogP contribution in [0.25, 0.3) is 11.1 Å².